The third-order valence-corrected chi connectivity index (χ3v) is 3.33. The number of fused-ring (bicyclic) bond motifs is 1. The van der Waals surface area contributed by atoms with Crippen LogP contribution in [0.5, 0.6) is 0 Å². The number of likely N-dealkylation sites (tertiary alicyclic amines) is 1. The molecule has 2 N–H and O–H groups in total. The molecule has 0 aliphatic carbocycles. The second-order valence-corrected chi connectivity index (χ2v) is 4.29. The van der Waals surface area contributed by atoms with Crippen LogP contribution in [0.2, 0.25) is 0 Å². The van der Waals surface area contributed by atoms with Crippen molar-refractivity contribution in [2.24, 2.45) is 5.92 Å². The highest BCUT2D eigenvalue weighted by molar-refractivity contribution is 5.72. The van der Waals surface area contributed by atoms with Gasteiger partial charge in [-0.25, -0.2) is 0 Å². The van der Waals surface area contributed by atoms with E-state index in [2.05, 4.69) is 15.5 Å². The van der Waals surface area contributed by atoms with Crippen molar-refractivity contribution in [1.82, 2.24) is 15.5 Å². The molecular formula is C10H19N3O. The Balaban J connectivity index is 1.73. The van der Waals surface area contributed by atoms with Crippen LogP contribution < -0.4 is 10.6 Å². The number of carbonyl (C=O) groups is 1. The number of nitrogens with zero attached hydrogens (tertiary/aromatic N) is 1. The Bertz CT molecular complexity index is 219. The number of hydrogen-bond acceptors (Lipinski definition) is 3. The smallest absolute Gasteiger partial charge is 0.216 e. The fraction of sp³-hybridized carbons (Fsp3) is 0.900. The normalized spacial score (nSPS) is 31.8. The third kappa shape index (κ3) is 2.07. The van der Waals surface area contributed by atoms with Crippen molar-refractivity contribution in [3.63, 3.8) is 0 Å². The van der Waals surface area contributed by atoms with Crippen LogP contribution in [0.15, 0.2) is 0 Å². The molecule has 2 rings (SSSR count). The molecule has 0 radical (unpaired) electrons. The van der Waals surface area contributed by atoms with E-state index in [0.29, 0.717) is 0 Å². The van der Waals surface area contributed by atoms with Gasteiger partial charge in [-0.15, -0.1) is 0 Å². The van der Waals surface area contributed by atoms with Gasteiger partial charge in [0.05, 0.1) is 0 Å². The average Bonchev–Trinajstić information content (AvgIpc) is 2.67. The van der Waals surface area contributed by atoms with Crippen LogP contribution in [-0.4, -0.2) is 49.6 Å². The highest BCUT2D eigenvalue weighted by Gasteiger charge is 2.36. The lowest BCUT2D eigenvalue weighted by Gasteiger charge is -2.22. The first-order valence-corrected chi connectivity index (χ1v) is 5.46. The summed E-state index contributed by atoms with van der Waals surface area (Å²) < 4.78 is 0. The third-order valence-electron chi connectivity index (χ3n) is 3.33. The highest BCUT2D eigenvalue weighted by atomic mass is 16.1. The molecule has 0 saturated carbocycles. The first-order chi connectivity index (χ1) is 6.77. The van der Waals surface area contributed by atoms with E-state index in [-0.39, 0.29) is 5.91 Å². The Morgan fingerprint density at radius 1 is 1.57 bits per heavy atom. The molecule has 2 heterocycles. The number of amides is 1. The molecule has 2 fully saturated rings. The summed E-state index contributed by atoms with van der Waals surface area (Å²) in [5.74, 6) is 0.928. The van der Waals surface area contributed by atoms with Gasteiger partial charge in [-0.05, 0) is 25.4 Å². The van der Waals surface area contributed by atoms with E-state index in [1.165, 1.54) is 19.5 Å². The van der Waals surface area contributed by atoms with Crippen molar-refractivity contribution < 1.29 is 4.79 Å². The zero-order valence-corrected chi connectivity index (χ0v) is 8.75. The van der Waals surface area contributed by atoms with E-state index in [9.17, 15) is 4.79 Å². The van der Waals surface area contributed by atoms with Crippen LogP contribution in [0.4, 0.5) is 0 Å². The van der Waals surface area contributed by atoms with Crippen LogP contribution in [-0.2, 0) is 4.79 Å². The van der Waals surface area contributed by atoms with E-state index in [1.807, 2.05) is 0 Å². The van der Waals surface area contributed by atoms with Crippen molar-refractivity contribution >= 4 is 5.91 Å². The van der Waals surface area contributed by atoms with Gasteiger partial charge in [-0.2, -0.15) is 0 Å². The minimum Gasteiger partial charge on any atom is -0.355 e. The molecule has 0 bridgehead atoms. The Hall–Kier alpha value is -0.610. The summed E-state index contributed by atoms with van der Waals surface area (Å²) in [5.41, 5.74) is 0. The molecule has 4 heteroatoms. The highest BCUT2D eigenvalue weighted by Crippen LogP contribution is 2.26. The topological polar surface area (TPSA) is 44.4 Å². The van der Waals surface area contributed by atoms with Crippen LogP contribution in [0.3, 0.4) is 0 Å². The van der Waals surface area contributed by atoms with Gasteiger partial charge in [-0.1, -0.05) is 0 Å². The first kappa shape index (κ1) is 9.93. The molecule has 80 valence electrons. The van der Waals surface area contributed by atoms with E-state index in [0.717, 1.165) is 31.6 Å². The Morgan fingerprint density at radius 3 is 3.21 bits per heavy atom. The quantitative estimate of drug-likeness (QED) is 0.636. The number of nitrogens with one attached hydrogen (secondary N) is 2. The van der Waals surface area contributed by atoms with Crippen molar-refractivity contribution in [2.45, 2.75) is 19.4 Å². The van der Waals surface area contributed by atoms with Crippen LogP contribution in [0.25, 0.3) is 0 Å². The van der Waals surface area contributed by atoms with Gasteiger partial charge < -0.3 is 10.6 Å². The summed E-state index contributed by atoms with van der Waals surface area (Å²) in [4.78, 5) is 13.2. The summed E-state index contributed by atoms with van der Waals surface area (Å²) >= 11 is 0. The van der Waals surface area contributed by atoms with E-state index in [4.69, 9.17) is 0 Å². The first-order valence-electron chi connectivity index (χ1n) is 5.46. The SMILES string of the molecule is CC(=O)NCCN1CC[C@@H]2CNC[C@@H]21. The Kier molecular flexibility index (Phi) is 3.03. The maximum absolute atomic E-state index is 10.7. The molecule has 4 nitrogen and oxygen atoms in total. The van der Waals surface area contributed by atoms with Gasteiger partial charge in [0, 0.05) is 32.6 Å². The van der Waals surface area contributed by atoms with E-state index >= 15 is 0 Å². The average molecular weight is 197 g/mol. The number of hydrogen-bond donors (Lipinski definition) is 2. The minimum atomic E-state index is 0.0743. The zero-order chi connectivity index (χ0) is 9.97. The van der Waals surface area contributed by atoms with Crippen LogP contribution >= 0.6 is 0 Å². The minimum absolute atomic E-state index is 0.0743. The van der Waals surface area contributed by atoms with Crippen molar-refractivity contribution in [3.8, 4) is 0 Å². The summed E-state index contributed by atoms with van der Waals surface area (Å²) in [6.07, 6.45) is 1.32. The molecule has 0 unspecified atom stereocenters. The van der Waals surface area contributed by atoms with E-state index in [1.54, 1.807) is 6.92 Å². The predicted molar refractivity (Wildman–Crippen MR) is 55.0 cm³/mol. The lowest BCUT2D eigenvalue weighted by Crippen LogP contribution is -2.39. The molecule has 0 aromatic rings. The van der Waals surface area contributed by atoms with Crippen LogP contribution in [0.1, 0.15) is 13.3 Å². The molecule has 1 amide bonds. The fourth-order valence-electron chi connectivity index (χ4n) is 2.59. The standard InChI is InChI=1S/C10H19N3O/c1-8(14)12-3-5-13-4-2-9-6-11-7-10(9)13/h9-11H,2-7H2,1H3,(H,12,14)/t9-,10+/m1/s1. The molecule has 0 spiro atoms. The molecule has 2 saturated heterocycles. The summed E-state index contributed by atoms with van der Waals surface area (Å²) in [7, 11) is 0. The van der Waals surface area contributed by atoms with Crippen molar-refractivity contribution in [3.05, 3.63) is 0 Å². The number of carbonyl (C=O) groups excluding carboxylic acids is 1. The van der Waals surface area contributed by atoms with Gasteiger partial charge in [0.25, 0.3) is 0 Å². The summed E-state index contributed by atoms with van der Waals surface area (Å²) in [6.45, 7) is 6.88. The van der Waals surface area contributed by atoms with Crippen LogP contribution in [0, 0.1) is 5.92 Å². The van der Waals surface area contributed by atoms with E-state index < -0.39 is 0 Å². The molecule has 2 aliphatic heterocycles. The second-order valence-electron chi connectivity index (χ2n) is 4.29. The summed E-state index contributed by atoms with van der Waals surface area (Å²) in [5, 5.41) is 6.28. The molecule has 0 aromatic heterocycles. The Morgan fingerprint density at radius 2 is 2.43 bits per heavy atom. The van der Waals surface area contributed by atoms with Gasteiger partial charge >= 0.3 is 0 Å². The van der Waals surface area contributed by atoms with Crippen molar-refractivity contribution in [2.75, 3.05) is 32.7 Å². The molecule has 14 heavy (non-hydrogen) atoms. The zero-order valence-electron chi connectivity index (χ0n) is 8.75. The van der Waals surface area contributed by atoms with Gasteiger partial charge in [-0.3, -0.25) is 9.69 Å². The lowest BCUT2D eigenvalue weighted by atomic mass is 10.1. The van der Waals surface area contributed by atoms with Gasteiger partial charge in [0.2, 0.25) is 5.91 Å². The molecular weight excluding hydrogens is 178 g/mol. The lowest BCUT2D eigenvalue weighted by molar-refractivity contribution is -0.119. The maximum Gasteiger partial charge on any atom is 0.216 e. The molecule has 2 aliphatic rings. The largest absolute Gasteiger partial charge is 0.355 e. The van der Waals surface area contributed by atoms with Crippen molar-refractivity contribution in [1.29, 1.82) is 0 Å². The molecule has 0 aromatic carbocycles. The Labute approximate surface area is 85.0 Å². The second kappa shape index (κ2) is 4.28. The van der Waals surface area contributed by atoms with Gasteiger partial charge in [0.15, 0.2) is 0 Å². The number of rotatable bonds is 3. The predicted octanol–water partition coefficient (Wildman–Crippen LogP) is -0.584. The maximum atomic E-state index is 10.7. The monoisotopic (exact) mass is 197 g/mol. The van der Waals surface area contributed by atoms with Gasteiger partial charge in [0.1, 0.15) is 0 Å². The molecule has 2 atom stereocenters. The fourth-order valence-corrected chi connectivity index (χ4v) is 2.59. The summed E-state index contributed by atoms with van der Waals surface area (Å²) in [6, 6.07) is 0.726.